The van der Waals surface area contributed by atoms with Crippen molar-refractivity contribution in [2.45, 2.75) is 50.1 Å². The number of hydrogen-bond donors (Lipinski definition) is 2. The Labute approximate surface area is 293 Å². The van der Waals surface area contributed by atoms with Crippen molar-refractivity contribution >= 4 is 33.1 Å². The Morgan fingerprint density at radius 3 is 2.69 bits per heavy atom. The number of carbonyl (C=O) groups excluding carboxylic acids is 1. The number of hydrogen-bond acceptors (Lipinski definition) is 9. The van der Waals surface area contributed by atoms with Crippen LogP contribution in [0.3, 0.4) is 0 Å². The fraction of sp³-hybridized carbons (Fsp3) is 0.289. The lowest BCUT2D eigenvalue weighted by Gasteiger charge is -2.37. The number of benzene rings is 2. The lowest BCUT2D eigenvalue weighted by atomic mass is 9.71. The molecule has 2 N–H and O–H groups in total. The van der Waals surface area contributed by atoms with E-state index >= 15 is 0 Å². The molecule has 5 aliphatic rings. The molecule has 7 heterocycles. The number of rotatable bonds is 8. The molecule has 11 rings (SSSR count). The van der Waals surface area contributed by atoms with Crippen LogP contribution in [0.2, 0.25) is 0 Å². The van der Waals surface area contributed by atoms with Crippen molar-refractivity contribution in [3.05, 3.63) is 111 Å². The van der Waals surface area contributed by atoms with Crippen molar-refractivity contribution in [3.8, 4) is 27.6 Å². The highest BCUT2D eigenvalue weighted by atomic mass is 32.1. The molecular weight excluding hydrogens is 675 g/mol. The monoisotopic (exact) mass is 704 g/mol. The molecule has 256 valence electrons. The van der Waals surface area contributed by atoms with Crippen LogP contribution in [0.1, 0.15) is 63.7 Å². The van der Waals surface area contributed by atoms with E-state index in [2.05, 4.69) is 15.5 Å². The van der Waals surface area contributed by atoms with Gasteiger partial charge in [-0.05, 0) is 96.9 Å². The zero-order valence-electron chi connectivity index (χ0n) is 27.4. The van der Waals surface area contributed by atoms with Crippen molar-refractivity contribution in [2.24, 2.45) is 5.92 Å². The van der Waals surface area contributed by atoms with Crippen LogP contribution in [-0.4, -0.2) is 44.6 Å². The Bertz CT molecular complexity index is 2490. The molecule has 13 heteroatoms. The second kappa shape index (κ2) is 11.0. The van der Waals surface area contributed by atoms with E-state index in [1.807, 2.05) is 17.0 Å². The minimum Gasteiger partial charge on any atom is -0.496 e. The van der Waals surface area contributed by atoms with Crippen molar-refractivity contribution in [3.63, 3.8) is 0 Å². The molecule has 3 fully saturated rings. The number of anilines is 1. The van der Waals surface area contributed by atoms with E-state index in [-0.39, 0.29) is 29.5 Å². The molecule has 2 bridgehead atoms. The molecule has 2 aliphatic carbocycles. The number of aromatic amines is 1. The van der Waals surface area contributed by atoms with Gasteiger partial charge in [-0.25, -0.2) is 23.7 Å². The maximum absolute atomic E-state index is 14.6. The molecule has 51 heavy (non-hydrogen) atoms. The van der Waals surface area contributed by atoms with Crippen LogP contribution < -0.4 is 15.8 Å². The fourth-order valence-corrected chi connectivity index (χ4v) is 10.0. The lowest BCUT2D eigenvalue weighted by molar-refractivity contribution is 0.0637. The molecule has 10 nitrogen and oxygen atoms in total. The summed E-state index contributed by atoms with van der Waals surface area (Å²) in [5.41, 5.74) is 5.35. The topological polar surface area (TPSA) is 126 Å². The van der Waals surface area contributed by atoms with Gasteiger partial charge in [-0.2, -0.15) is 0 Å². The smallest absolute Gasteiger partial charge is 0.434 e. The van der Waals surface area contributed by atoms with Crippen LogP contribution in [-0.2, 0) is 24.8 Å². The lowest BCUT2D eigenvalue weighted by Crippen LogP contribution is -2.40. The van der Waals surface area contributed by atoms with Crippen LogP contribution in [0.5, 0.6) is 5.75 Å². The third-order valence-corrected chi connectivity index (χ3v) is 12.3. The molecule has 4 aromatic heterocycles. The molecular formula is C38H30F2N6O4S. The predicted octanol–water partition coefficient (Wildman–Crippen LogP) is 6.95. The minimum atomic E-state index is -0.717. The molecule has 1 atom stereocenters. The number of nitrogens with zero attached hydrogens (tertiary/aromatic N) is 4. The van der Waals surface area contributed by atoms with E-state index in [0.29, 0.717) is 59.3 Å². The predicted molar refractivity (Wildman–Crippen MR) is 186 cm³/mol. The molecule has 1 amide bonds. The third kappa shape index (κ3) is 4.53. The summed E-state index contributed by atoms with van der Waals surface area (Å²) < 4.78 is 40.3. The summed E-state index contributed by atoms with van der Waals surface area (Å²) in [5.74, 6) is 0.229. The van der Waals surface area contributed by atoms with Gasteiger partial charge in [0.05, 0.1) is 45.9 Å². The third-order valence-electron chi connectivity index (χ3n) is 11.1. The number of pyridine rings is 2. The van der Waals surface area contributed by atoms with E-state index < -0.39 is 11.3 Å². The molecule has 2 aromatic carbocycles. The van der Waals surface area contributed by atoms with Gasteiger partial charge in [0.15, 0.2) is 0 Å². The number of ether oxygens (including phenoxy) is 1. The second-order valence-electron chi connectivity index (χ2n) is 13.9. The van der Waals surface area contributed by atoms with Crippen LogP contribution in [0.25, 0.3) is 32.0 Å². The number of methoxy groups -OCH3 is 1. The summed E-state index contributed by atoms with van der Waals surface area (Å²) in [5, 5.41) is 11.1. The van der Waals surface area contributed by atoms with E-state index in [4.69, 9.17) is 19.1 Å². The fourth-order valence-electron chi connectivity index (χ4n) is 8.84. The van der Waals surface area contributed by atoms with Gasteiger partial charge in [-0.1, -0.05) is 12.1 Å². The van der Waals surface area contributed by atoms with Gasteiger partial charge < -0.3 is 19.4 Å². The molecule has 0 unspecified atom stereocenters. The van der Waals surface area contributed by atoms with Crippen molar-refractivity contribution < 1.29 is 22.7 Å². The quantitative estimate of drug-likeness (QED) is 0.175. The van der Waals surface area contributed by atoms with Gasteiger partial charge in [-0.15, -0.1) is 16.4 Å². The van der Waals surface area contributed by atoms with Crippen molar-refractivity contribution in [1.29, 1.82) is 0 Å². The minimum absolute atomic E-state index is 0.0516. The van der Waals surface area contributed by atoms with Gasteiger partial charge in [0, 0.05) is 29.2 Å². The number of halogens is 2. The highest BCUT2D eigenvalue weighted by Gasteiger charge is 2.65. The molecule has 6 aromatic rings. The molecule has 0 radical (unpaired) electrons. The summed E-state index contributed by atoms with van der Waals surface area (Å²) in [7, 11) is 1.55. The summed E-state index contributed by atoms with van der Waals surface area (Å²) in [6, 6.07) is 13.1. The van der Waals surface area contributed by atoms with E-state index in [1.165, 1.54) is 29.5 Å². The molecule has 2 saturated heterocycles. The SMILES string of the molecule is COc1cc(F)cc2c1CC[C@@H]2Nc1nccc2cc(-c3c4c(nc(CCc5ccc(F)cc5)c3-c3n[nH]c(=O)o3)C35CC(CN3C4=O)C5)sc12. The number of aryl methyl sites for hydroxylation is 2. The highest BCUT2D eigenvalue weighted by molar-refractivity contribution is 7.23. The normalized spacial score (nSPS) is 21.2. The van der Waals surface area contributed by atoms with Gasteiger partial charge in [0.25, 0.3) is 11.8 Å². The van der Waals surface area contributed by atoms with Crippen molar-refractivity contribution in [2.75, 3.05) is 19.0 Å². The Kier molecular flexibility index (Phi) is 6.58. The Morgan fingerprint density at radius 1 is 1.06 bits per heavy atom. The number of nitrogens with one attached hydrogen (secondary N) is 2. The van der Waals surface area contributed by atoms with E-state index in [0.717, 1.165) is 63.0 Å². The maximum Gasteiger partial charge on any atom is 0.434 e. The second-order valence-corrected chi connectivity index (χ2v) is 15.0. The summed E-state index contributed by atoms with van der Waals surface area (Å²) in [6.45, 7) is 0.686. The van der Waals surface area contributed by atoms with Gasteiger partial charge in [0.2, 0.25) is 0 Å². The van der Waals surface area contributed by atoms with Gasteiger partial charge in [0.1, 0.15) is 23.2 Å². The van der Waals surface area contributed by atoms with E-state index in [1.54, 1.807) is 31.5 Å². The Morgan fingerprint density at radius 2 is 1.90 bits per heavy atom. The molecule has 1 saturated carbocycles. The highest BCUT2D eigenvalue weighted by Crippen LogP contribution is 2.63. The number of thiophene rings is 1. The Hall–Kier alpha value is -5.43. The maximum atomic E-state index is 14.6. The van der Waals surface area contributed by atoms with Crippen LogP contribution in [0.4, 0.5) is 14.6 Å². The van der Waals surface area contributed by atoms with E-state index in [9.17, 15) is 18.4 Å². The van der Waals surface area contributed by atoms with Crippen LogP contribution in [0.15, 0.2) is 63.9 Å². The number of fused-ring (bicyclic) bond motifs is 3. The Balaban J connectivity index is 1.14. The summed E-state index contributed by atoms with van der Waals surface area (Å²) in [6.07, 6.45) is 5.93. The van der Waals surface area contributed by atoms with Crippen LogP contribution in [0, 0.1) is 17.6 Å². The van der Waals surface area contributed by atoms with Gasteiger partial charge >= 0.3 is 5.76 Å². The molecule has 1 spiro atoms. The first-order valence-electron chi connectivity index (χ1n) is 17.0. The number of carbonyl (C=O) groups is 1. The number of aromatic nitrogens is 4. The summed E-state index contributed by atoms with van der Waals surface area (Å²) in [4.78, 5) is 39.5. The standard InChI is InChI=1S/C38H30F2N6O4S/c1-49-27-14-22(40)13-24-23(27)7-9-25(24)43-34-32-20(10-11-41-34)12-28(51-32)30-29(35-44-45-37(48)50-35)26(8-4-18-2-5-21(39)6-3-18)42-33-31(30)36(47)46-17-19-15-38(33,46)16-19/h2-3,5-6,10-14,19,25H,4,7-9,15-17H2,1H3,(H,41,43)(H,45,48)/t19?,25-,38?/m0/s1. The first-order chi connectivity index (χ1) is 24.8. The average Bonchev–Trinajstić information content (AvgIpc) is 3.96. The van der Waals surface area contributed by atoms with Crippen molar-refractivity contribution in [1.82, 2.24) is 25.1 Å². The zero-order chi connectivity index (χ0) is 34.6. The van der Waals surface area contributed by atoms with Gasteiger partial charge in [-0.3, -0.25) is 9.78 Å². The number of amides is 1. The first-order valence-corrected chi connectivity index (χ1v) is 17.8. The average molecular weight is 705 g/mol. The molecule has 3 aliphatic heterocycles. The summed E-state index contributed by atoms with van der Waals surface area (Å²) >= 11 is 1.48. The number of H-pyrrole nitrogens is 1. The first kappa shape index (κ1) is 30.4. The van der Waals surface area contributed by atoms with Crippen LogP contribution >= 0.6 is 11.3 Å². The zero-order valence-corrected chi connectivity index (χ0v) is 28.2. The largest absolute Gasteiger partial charge is 0.496 e.